The molecule has 0 fully saturated rings. The number of aromatic nitrogens is 2. The third kappa shape index (κ3) is 3.83. The highest BCUT2D eigenvalue weighted by Gasteiger charge is 2.00. The summed E-state index contributed by atoms with van der Waals surface area (Å²) in [4.78, 5) is 0. The minimum absolute atomic E-state index is 0.568. The molecule has 0 unspecified atom stereocenters. The second-order valence-corrected chi connectivity index (χ2v) is 4.70. The van der Waals surface area contributed by atoms with Crippen molar-refractivity contribution in [3.8, 4) is 5.75 Å². The Morgan fingerprint density at radius 3 is 2.53 bits per heavy atom. The van der Waals surface area contributed by atoms with Gasteiger partial charge in [-0.1, -0.05) is 12.1 Å². The Balaban J connectivity index is 1.75. The van der Waals surface area contributed by atoms with E-state index in [4.69, 9.17) is 10.5 Å². The average Bonchev–Trinajstić information content (AvgIpc) is 2.74. The standard InChI is InChI=1S/C15H21N3O/c1-12-10-13(2)18(17-12)8-3-9-19-15-6-4-14(11-16)5-7-15/h4-7,10H,3,8-9,11,16H2,1-2H3. The van der Waals surface area contributed by atoms with Gasteiger partial charge in [-0.25, -0.2) is 0 Å². The van der Waals surface area contributed by atoms with Gasteiger partial charge in [-0.2, -0.15) is 5.10 Å². The van der Waals surface area contributed by atoms with Gasteiger partial charge in [0, 0.05) is 25.2 Å². The van der Waals surface area contributed by atoms with Crippen LogP contribution in [0.4, 0.5) is 0 Å². The summed E-state index contributed by atoms with van der Waals surface area (Å²) >= 11 is 0. The fourth-order valence-electron chi connectivity index (χ4n) is 2.03. The van der Waals surface area contributed by atoms with Crippen LogP contribution in [0.5, 0.6) is 5.75 Å². The zero-order chi connectivity index (χ0) is 13.7. The van der Waals surface area contributed by atoms with Gasteiger partial charge in [0.25, 0.3) is 0 Å². The zero-order valence-corrected chi connectivity index (χ0v) is 11.6. The molecule has 2 rings (SSSR count). The fraction of sp³-hybridized carbons (Fsp3) is 0.400. The molecule has 1 aromatic heterocycles. The van der Waals surface area contributed by atoms with Crippen LogP contribution in [0.1, 0.15) is 23.4 Å². The lowest BCUT2D eigenvalue weighted by Crippen LogP contribution is -2.07. The van der Waals surface area contributed by atoms with Gasteiger partial charge in [0.1, 0.15) is 5.75 Å². The number of nitrogens with two attached hydrogens (primary N) is 1. The molecule has 1 aromatic carbocycles. The molecule has 102 valence electrons. The van der Waals surface area contributed by atoms with Crippen molar-refractivity contribution in [3.63, 3.8) is 0 Å². The van der Waals surface area contributed by atoms with Crippen LogP contribution in [-0.2, 0) is 13.1 Å². The van der Waals surface area contributed by atoms with Crippen molar-refractivity contribution < 1.29 is 4.74 Å². The maximum atomic E-state index is 5.69. The topological polar surface area (TPSA) is 53.1 Å². The van der Waals surface area contributed by atoms with Crippen molar-refractivity contribution in [2.24, 2.45) is 5.73 Å². The largest absolute Gasteiger partial charge is 0.494 e. The Labute approximate surface area is 114 Å². The Morgan fingerprint density at radius 1 is 1.21 bits per heavy atom. The molecule has 0 atom stereocenters. The first kappa shape index (κ1) is 13.6. The van der Waals surface area contributed by atoms with Crippen LogP contribution in [0.3, 0.4) is 0 Å². The van der Waals surface area contributed by atoms with E-state index in [9.17, 15) is 0 Å². The van der Waals surface area contributed by atoms with Gasteiger partial charge in [0.2, 0.25) is 0 Å². The number of aryl methyl sites for hydroxylation is 3. The highest BCUT2D eigenvalue weighted by Crippen LogP contribution is 2.12. The molecule has 0 amide bonds. The molecule has 4 nitrogen and oxygen atoms in total. The van der Waals surface area contributed by atoms with Crippen LogP contribution < -0.4 is 10.5 Å². The van der Waals surface area contributed by atoms with Crippen molar-refractivity contribution in [1.82, 2.24) is 9.78 Å². The number of nitrogens with zero attached hydrogens (tertiary/aromatic N) is 2. The van der Waals surface area contributed by atoms with Gasteiger partial charge in [0.05, 0.1) is 12.3 Å². The van der Waals surface area contributed by atoms with Crippen molar-refractivity contribution >= 4 is 0 Å². The Hall–Kier alpha value is -1.81. The molecule has 0 bridgehead atoms. The van der Waals surface area contributed by atoms with Crippen LogP contribution in [0, 0.1) is 13.8 Å². The van der Waals surface area contributed by atoms with Gasteiger partial charge in [-0.3, -0.25) is 4.68 Å². The second-order valence-electron chi connectivity index (χ2n) is 4.70. The van der Waals surface area contributed by atoms with Crippen LogP contribution in [-0.4, -0.2) is 16.4 Å². The molecular formula is C15H21N3O. The van der Waals surface area contributed by atoms with E-state index in [0.29, 0.717) is 13.2 Å². The summed E-state index contributed by atoms with van der Waals surface area (Å²) in [5, 5.41) is 4.42. The first-order chi connectivity index (χ1) is 9.19. The zero-order valence-electron chi connectivity index (χ0n) is 11.6. The number of ether oxygens (including phenoxy) is 1. The minimum Gasteiger partial charge on any atom is -0.494 e. The molecule has 0 radical (unpaired) electrons. The van der Waals surface area contributed by atoms with E-state index in [1.165, 1.54) is 5.69 Å². The fourth-order valence-corrected chi connectivity index (χ4v) is 2.03. The monoisotopic (exact) mass is 259 g/mol. The SMILES string of the molecule is Cc1cc(C)n(CCCOc2ccc(CN)cc2)n1. The van der Waals surface area contributed by atoms with E-state index in [1.807, 2.05) is 35.9 Å². The summed E-state index contributed by atoms with van der Waals surface area (Å²) in [7, 11) is 0. The normalized spacial score (nSPS) is 10.7. The summed E-state index contributed by atoms with van der Waals surface area (Å²) in [6.07, 6.45) is 0.945. The number of benzene rings is 1. The van der Waals surface area contributed by atoms with E-state index in [2.05, 4.69) is 18.1 Å². The van der Waals surface area contributed by atoms with Gasteiger partial charge >= 0.3 is 0 Å². The Kier molecular flexibility index (Phi) is 4.58. The van der Waals surface area contributed by atoms with E-state index in [1.54, 1.807) is 0 Å². The molecule has 0 spiro atoms. The van der Waals surface area contributed by atoms with Gasteiger partial charge in [-0.05, 0) is 37.6 Å². The molecule has 0 aliphatic rings. The molecule has 1 heterocycles. The smallest absolute Gasteiger partial charge is 0.119 e. The molecule has 0 aliphatic heterocycles. The van der Waals surface area contributed by atoms with E-state index < -0.39 is 0 Å². The predicted octanol–water partition coefficient (Wildman–Crippen LogP) is 2.43. The van der Waals surface area contributed by atoms with Crippen LogP contribution in [0.2, 0.25) is 0 Å². The van der Waals surface area contributed by atoms with Gasteiger partial charge < -0.3 is 10.5 Å². The molecule has 0 saturated heterocycles. The third-order valence-corrected chi connectivity index (χ3v) is 3.05. The number of hydrogen-bond donors (Lipinski definition) is 1. The summed E-state index contributed by atoms with van der Waals surface area (Å²) in [5.41, 5.74) is 8.94. The van der Waals surface area contributed by atoms with Crippen molar-refractivity contribution in [3.05, 3.63) is 47.3 Å². The molecule has 0 aliphatic carbocycles. The maximum absolute atomic E-state index is 5.69. The van der Waals surface area contributed by atoms with E-state index in [0.717, 1.165) is 30.0 Å². The summed E-state index contributed by atoms with van der Waals surface area (Å²) in [6.45, 7) is 6.24. The molecule has 2 aromatic rings. The quantitative estimate of drug-likeness (QED) is 0.811. The van der Waals surface area contributed by atoms with Crippen LogP contribution >= 0.6 is 0 Å². The molecule has 2 N–H and O–H groups in total. The van der Waals surface area contributed by atoms with Crippen LogP contribution in [0.15, 0.2) is 30.3 Å². The lowest BCUT2D eigenvalue weighted by atomic mass is 10.2. The highest BCUT2D eigenvalue weighted by atomic mass is 16.5. The van der Waals surface area contributed by atoms with Crippen LogP contribution in [0.25, 0.3) is 0 Å². The van der Waals surface area contributed by atoms with E-state index in [-0.39, 0.29) is 0 Å². The molecular weight excluding hydrogens is 238 g/mol. The summed E-state index contributed by atoms with van der Waals surface area (Å²) in [5.74, 6) is 0.894. The predicted molar refractivity (Wildman–Crippen MR) is 76.1 cm³/mol. The van der Waals surface area contributed by atoms with Crippen molar-refractivity contribution in [2.75, 3.05) is 6.61 Å². The van der Waals surface area contributed by atoms with Gasteiger partial charge in [-0.15, -0.1) is 0 Å². The minimum atomic E-state index is 0.568. The third-order valence-electron chi connectivity index (χ3n) is 3.05. The number of hydrogen-bond acceptors (Lipinski definition) is 3. The highest BCUT2D eigenvalue weighted by molar-refractivity contribution is 5.27. The van der Waals surface area contributed by atoms with Crippen molar-refractivity contribution in [2.45, 2.75) is 33.4 Å². The first-order valence-corrected chi connectivity index (χ1v) is 6.62. The lowest BCUT2D eigenvalue weighted by Gasteiger charge is -2.08. The summed E-state index contributed by atoms with van der Waals surface area (Å²) < 4.78 is 7.72. The second kappa shape index (κ2) is 6.38. The molecule has 19 heavy (non-hydrogen) atoms. The Morgan fingerprint density at radius 2 is 1.95 bits per heavy atom. The van der Waals surface area contributed by atoms with Crippen molar-refractivity contribution in [1.29, 1.82) is 0 Å². The maximum Gasteiger partial charge on any atom is 0.119 e. The molecule has 0 saturated carbocycles. The Bertz CT molecular complexity index is 517. The average molecular weight is 259 g/mol. The molecule has 4 heteroatoms. The van der Waals surface area contributed by atoms with E-state index >= 15 is 0 Å². The number of rotatable bonds is 6. The first-order valence-electron chi connectivity index (χ1n) is 6.62. The lowest BCUT2D eigenvalue weighted by molar-refractivity contribution is 0.298. The van der Waals surface area contributed by atoms with Gasteiger partial charge in [0.15, 0.2) is 0 Å². The summed E-state index contributed by atoms with van der Waals surface area (Å²) in [6, 6.07) is 10.0.